The lowest BCUT2D eigenvalue weighted by Crippen LogP contribution is -2.70. The van der Waals surface area contributed by atoms with Crippen LogP contribution in [0, 0.1) is 23.2 Å². The molecule has 2 heterocycles. The summed E-state index contributed by atoms with van der Waals surface area (Å²) in [5.74, 6) is -5.17. The molecule has 40 heavy (non-hydrogen) atoms. The van der Waals surface area contributed by atoms with Gasteiger partial charge >= 0.3 is 5.97 Å². The van der Waals surface area contributed by atoms with Crippen molar-refractivity contribution in [1.29, 1.82) is 0 Å². The van der Waals surface area contributed by atoms with Crippen LogP contribution < -0.4 is 0 Å². The molecule has 0 radical (unpaired) electrons. The average Bonchev–Trinajstić information content (AvgIpc) is 2.85. The minimum Gasteiger partial charge on any atom is -0.504 e. The summed E-state index contributed by atoms with van der Waals surface area (Å²) in [6, 6.07) is 0. The summed E-state index contributed by atoms with van der Waals surface area (Å²) in [4.78, 5) is 39.4. The highest BCUT2D eigenvalue weighted by Gasteiger charge is 2.67. The number of allylic oxidation sites excluding steroid dienone is 2. The van der Waals surface area contributed by atoms with E-state index in [0.717, 1.165) is 0 Å². The van der Waals surface area contributed by atoms with Gasteiger partial charge in [0.1, 0.15) is 11.7 Å². The number of ketones is 2. The first-order chi connectivity index (χ1) is 18.4. The molecule has 0 aromatic rings. The molecule has 2 aliphatic carbocycles. The highest BCUT2D eigenvalue weighted by atomic mass is 16.5. The molecule has 10 heteroatoms. The number of aliphatic hydroxyl groups is 4. The van der Waals surface area contributed by atoms with E-state index in [1.54, 1.807) is 34.6 Å². The second-order valence-electron chi connectivity index (χ2n) is 13.2. The van der Waals surface area contributed by atoms with Crippen molar-refractivity contribution in [2.24, 2.45) is 23.2 Å². The van der Waals surface area contributed by atoms with Crippen LogP contribution in [0.5, 0.6) is 0 Å². The topological polar surface area (TPSA) is 160 Å². The standard InChI is InChI=1S/C30H44O10/c1-9-13(2)25(38-15(4)31)14(3)19-21(33)22(34)20-24(36)27-29(7,40-26(20)23(19)35)11-10-17-30(27,8)16(32)12-18(39-17)28(5,6)37/h13-14,16-18,24-25,27,32-33,36-37H,9-12H2,1-8H3/t13-,14+,16+,17-,18-,24-,25-,27+,29-,30+/m1/s1. The van der Waals surface area contributed by atoms with Gasteiger partial charge in [-0.1, -0.05) is 34.1 Å². The van der Waals surface area contributed by atoms with Crippen LogP contribution >= 0.6 is 0 Å². The lowest BCUT2D eigenvalue weighted by molar-refractivity contribution is -0.291. The van der Waals surface area contributed by atoms with E-state index < -0.39 is 82.3 Å². The molecule has 0 unspecified atom stereocenters. The van der Waals surface area contributed by atoms with Crippen LogP contribution in [0.2, 0.25) is 0 Å². The molecule has 1 saturated heterocycles. The van der Waals surface area contributed by atoms with Crippen LogP contribution in [0.1, 0.15) is 81.1 Å². The zero-order valence-corrected chi connectivity index (χ0v) is 24.7. The van der Waals surface area contributed by atoms with Crippen LogP contribution in [0.15, 0.2) is 22.7 Å². The van der Waals surface area contributed by atoms with Gasteiger partial charge in [-0.2, -0.15) is 0 Å². The molecule has 0 bridgehead atoms. The number of hydrogen-bond acceptors (Lipinski definition) is 10. The molecular formula is C30H44O10. The smallest absolute Gasteiger partial charge is 0.302 e. The fourth-order valence-corrected chi connectivity index (χ4v) is 7.53. The van der Waals surface area contributed by atoms with Crippen molar-refractivity contribution in [3.05, 3.63) is 22.7 Å². The summed E-state index contributed by atoms with van der Waals surface area (Å²) >= 11 is 0. The number of carbonyl (C=O) groups excluding carboxylic acids is 3. The summed E-state index contributed by atoms with van der Waals surface area (Å²) in [7, 11) is 0. The molecule has 2 fully saturated rings. The Hall–Kier alpha value is -2.27. The monoisotopic (exact) mass is 564 g/mol. The minimum absolute atomic E-state index is 0.106. The van der Waals surface area contributed by atoms with Gasteiger partial charge in [-0.05, 0) is 39.5 Å². The highest BCUT2D eigenvalue weighted by Crippen LogP contribution is 2.60. The van der Waals surface area contributed by atoms with E-state index in [-0.39, 0.29) is 29.2 Å². The molecule has 10 nitrogen and oxygen atoms in total. The molecule has 224 valence electrons. The van der Waals surface area contributed by atoms with Crippen molar-refractivity contribution in [1.82, 2.24) is 0 Å². The SMILES string of the molecule is CC[C@@H](C)[C@@H](OC(C)=O)[C@@H](C)C1=C(O)C(=O)C2=C(O[C@]3(C)CC[C@H]4O[C@@H](C(C)(C)O)C[C@H](O)[C@]4(C)[C@H]3[C@@H]2O)C1=O. The number of esters is 1. The van der Waals surface area contributed by atoms with Crippen molar-refractivity contribution in [3.63, 3.8) is 0 Å². The van der Waals surface area contributed by atoms with Crippen molar-refractivity contribution in [2.75, 3.05) is 0 Å². The van der Waals surface area contributed by atoms with E-state index in [1.165, 1.54) is 6.92 Å². The molecule has 10 atom stereocenters. The predicted octanol–water partition coefficient (Wildman–Crippen LogP) is 2.67. The van der Waals surface area contributed by atoms with Crippen molar-refractivity contribution < 1.29 is 49.0 Å². The first-order valence-electron chi connectivity index (χ1n) is 14.3. The van der Waals surface area contributed by atoms with Gasteiger partial charge in [-0.15, -0.1) is 0 Å². The Bertz CT molecular complexity index is 1150. The summed E-state index contributed by atoms with van der Waals surface area (Å²) in [5.41, 5.74) is -3.97. The number of carbonyl (C=O) groups is 3. The maximum atomic E-state index is 13.9. The predicted molar refractivity (Wildman–Crippen MR) is 143 cm³/mol. The van der Waals surface area contributed by atoms with Crippen LogP contribution in [0.4, 0.5) is 0 Å². The van der Waals surface area contributed by atoms with E-state index in [9.17, 15) is 34.8 Å². The Morgan fingerprint density at radius 2 is 1.80 bits per heavy atom. The summed E-state index contributed by atoms with van der Waals surface area (Å²) in [5, 5.41) is 44.8. The van der Waals surface area contributed by atoms with Crippen molar-refractivity contribution in [2.45, 2.75) is 123 Å². The number of Topliss-reactive ketones (excluding diaryl/α,β-unsaturated/α-hetero) is 2. The molecule has 4 rings (SSSR count). The maximum Gasteiger partial charge on any atom is 0.302 e. The number of fused-ring (bicyclic) bond motifs is 3. The molecular weight excluding hydrogens is 520 g/mol. The normalized spacial score (nSPS) is 38.5. The van der Waals surface area contributed by atoms with Gasteiger partial charge in [-0.25, -0.2) is 0 Å². The Morgan fingerprint density at radius 1 is 1.18 bits per heavy atom. The fraction of sp³-hybridized carbons (Fsp3) is 0.767. The van der Waals surface area contributed by atoms with Crippen molar-refractivity contribution >= 4 is 17.5 Å². The summed E-state index contributed by atoms with van der Waals surface area (Å²) in [6.07, 6.45) is -3.00. The second-order valence-corrected chi connectivity index (χ2v) is 13.2. The van der Waals surface area contributed by atoms with Crippen LogP contribution in [0.25, 0.3) is 0 Å². The Kier molecular flexibility index (Phi) is 7.84. The Labute approximate surface area is 235 Å². The van der Waals surface area contributed by atoms with Gasteiger partial charge in [0, 0.05) is 30.6 Å². The molecule has 1 saturated carbocycles. The molecule has 0 aromatic carbocycles. The van der Waals surface area contributed by atoms with E-state index in [0.29, 0.717) is 19.3 Å². The molecule has 2 aliphatic heterocycles. The molecule has 0 aromatic heterocycles. The Morgan fingerprint density at radius 3 is 2.35 bits per heavy atom. The van der Waals surface area contributed by atoms with Crippen LogP contribution in [-0.2, 0) is 28.6 Å². The zero-order valence-electron chi connectivity index (χ0n) is 24.7. The molecule has 0 spiro atoms. The average molecular weight is 565 g/mol. The third-order valence-electron chi connectivity index (χ3n) is 10.0. The van der Waals surface area contributed by atoms with Gasteiger partial charge in [0.2, 0.25) is 11.6 Å². The maximum absolute atomic E-state index is 13.9. The highest BCUT2D eigenvalue weighted by molar-refractivity contribution is 6.24. The van der Waals surface area contributed by atoms with Crippen LogP contribution in [0.3, 0.4) is 0 Å². The number of aliphatic hydroxyl groups excluding tert-OH is 3. The van der Waals surface area contributed by atoms with Gasteiger partial charge < -0.3 is 34.6 Å². The van der Waals surface area contributed by atoms with Gasteiger partial charge in [0.15, 0.2) is 11.5 Å². The molecule has 4 N–H and O–H groups in total. The lowest BCUT2D eigenvalue weighted by Gasteiger charge is -2.63. The number of ether oxygens (including phenoxy) is 3. The van der Waals surface area contributed by atoms with Crippen LogP contribution in [-0.4, -0.2) is 79.7 Å². The van der Waals surface area contributed by atoms with Gasteiger partial charge in [0.05, 0.1) is 41.2 Å². The third kappa shape index (κ3) is 4.61. The van der Waals surface area contributed by atoms with Gasteiger partial charge in [-0.3, -0.25) is 14.4 Å². The number of hydrogen-bond donors (Lipinski definition) is 4. The summed E-state index contributed by atoms with van der Waals surface area (Å²) < 4.78 is 18.1. The Balaban J connectivity index is 1.74. The lowest BCUT2D eigenvalue weighted by atomic mass is 9.51. The quantitative estimate of drug-likeness (QED) is 0.279. The van der Waals surface area contributed by atoms with E-state index in [2.05, 4.69) is 0 Å². The second kappa shape index (κ2) is 10.2. The van der Waals surface area contributed by atoms with E-state index >= 15 is 0 Å². The largest absolute Gasteiger partial charge is 0.504 e. The fourth-order valence-electron chi connectivity index (χ4n) is 7.53. The molecule has 0 amide bonds. The summed E-state index contributed by atoms with van der Waals surface area (Å²) in [6.45, 7) is 13.4. The van der Waals surface area contributed by atoms with E-state index in [1.807, 2.05) is 13.8 Å². The zero-order chi connectivity index (χ0) is 30.1. The third-order valence-corrected chi connectivity index (χ3v) is 10.0. The first kappa shape index (κ1) is 30.7. The first-order valence-corrected chi connectivity index (χ1v) is 14.3. The van der Waals surface area contributed by atoms with Crippen molar-refractivity contribution in [3.8, 4) is 0 Å². The van der Waals surface area contributed by atoms with E-state index in [4.69, 9.17) is 14.2 Å². The minimum atomic E-state index is -1.53. The van der Waals surface area contributed by atoms with Gasteiger partial charge in [0.25, 0.3) is 0 Å². The molecule has 4 aliphatic rings. The number of rotatable bonds is 6.